The fraction of sp³-hybridized carbons (Fsp3) is 0.444. The third kappa shape index (κ3) is 3.59. The Morgan fingerprint density at radius 2 is 1.88 bits per heavy atom. The van der Waals surface area contributed by atoms with Crippen LogP contribution >= 0.6 is 0 Å². The number of rotatable bonds is 7. The van der Waals surface area contributed by atoms with Gasteiger partial charge in [0, 0.05) is 30.4 Å². The average molecular weight is 345 g/mol. The van der Waals surface area contributed by atoms with E-state index in [1.54, 1.807) is 0 Å². The first-order chi connectivity index (χ1) is 11.5. The van der Waals surface area contributed by atoms with Crippen LogP contribution in [0.1, 0.15) is 32.0 Å². The van der Waals surface area contributed by atoms with Crippen molar-refractivity contribution in [1.82, 2.24) is 14.5 Å². The molecule has 0 saturated carbocycles. The Hall–Kier alpha value is -1.95. The molecule has 24 heavy (non-hydrogen) atoms. The van der Waals surface area contributed by atoms with Gasteiger partial charge < -0.3 is 4.57 Å². The number of fused-ring (bicyclic) bond motifs is 3. The molecule has 3 aromatic rings. The summed E-state index contributed by atoms with van der Waals surface area (Å²) >= 11 is 0. The second-order valence-corrected chi connectivity index (χ2v) is 8.49. The van der Waals surface area contributed by atoms with Crippen LogP contribution in [0.2, 0.25) is 0 Å². The molecule has 0 amide bonds. The van der Waals surface area contributed by atoms with Crippen molar-refractivity contribution >= 4 is 31.8 Å². The molecule has 0 fully saturated rings. The molecule has 6 heteroatoms. The first-order valence-electron chi connectivity index (χ1n) is 8.40. The summed E-state index contributed by atoms with van der Waals surface area (Å²) in [6.45, 7) is 2.97. The summed E-state index contributed by atoms with van der Waals surface area (Å²) in [5.74, 6) is 1.33. The zero-order valence-electron chi connectivity index (χ0n) is 14.2. The van der Waals surface area contributed by atoms with Crippen LogP contribution in [0.15, 0.2) is 30.5 Å². The molecule has 0 aliphatic heterocycles. The standard InChI is InChI=1S/C18H23N3O2S/c1-3-17-20-16-13-19-15-10-6-5-9-14(15)18(16)21(17)11-7-4-8-12-24(2,22)23/h5-6,9-10,13H,3-4,7-8,11-12H2,1-2H3. The van der Waals surface area contributed by atoms with Crippen molar-refractivity contribution in [3.63, 3.8) is 0 Å². The molecule has 1 aromatic carbocycles. The summed E-state index contributed by atoms with van der Waals surface area (Å²) < 4.78 is 24.7. The molecule has 0 aliphatic carbocycles. The first kappa shape index (κ1) is 16.9. The number of sulfone groups is 1. The SMILES string of the molecule is CCc1nc2cnc3ccccc3c2n1CCCCCS(C)(=O)=O. The predicted molar refractivity (Wildman–Crippen MR) is 98.0 cm³/mol. The van der Waals surface area contributed by atoms with Crippen LogP contribution in [0.25, 0.3) is 21.9 Å². The summed E-state index contributed by atoms with van der Waals surface area (Å²) in [5.41, 5.74) is 3.05. The zero-order chi connectivity index (χ0) is 17.2. The smallest absolute Gasteiger partial charge is 0.147 e. The maximum atomic E-state index is 11.2. The minimum absolute atomic E-state index is 0.269. The van der Waals surface area contributed by atoms with Gasteiger partial charge in [0.2, 0.25) is 0 Å². The van der Waals surface area contributed by atoms with Crippen LogP contribution in [0.5, 0.6) is 0 Å². The van der Waals surface area contributed by atoms with Crippen molar-refractivity contribution in [3.05, 3.63) is 36.3 Å². The number of aryl methyl sites for hydroxylation is 2. The lowest BCUT2D eigenvalue weighted by molar-refractivity contribution is 0.578. The van der Waals surface area contributed by atoms with Gasteiger partial charge in [-0.15, -0.1) is 0 Å². The average Bonchev–Trinajstić information content (AvgIpc) is 2.92. The van der Waals surface area contributed by atoms with Crippen LogP contribution in [0.4, 0.5) is 0 Å². The number of pyridine rings is 1. The molecule has 0 unspecified atom stereocenters. The Labute approximate surface area is 142 Å². The number of aromatic nitrogens is 3. The molecule has 3 rings (SSSR count). The van der Waals surface area contributed by atoms with Gasteiger partial charge in [-0.1, -0.05) is 31.5 Å². The Morgan fingerprint density at radius 1 is 1.08 bits per heavy atom. The maximum Gasteiger partial charge on any atom is 0.147 e. The molecule has 0 radical (unpaired) electrons. The van der Waals surface area contributed by atoms with Crippen molar-refractivity contribution in [2.45, 2.75) is 39.2 Å². The summed E-state index contributed by atoms with van der Waals surface area (Å²) in [7, 11) is -2.86. The van der Waals surface area contributed by atoms with Gasteiger partial charge in [-0.05, 0) is 18.9 Å². The largest absolute Gasteiger partial charge is 0.327 e. The lowest BCUT2D eigenvalue weighted by Crippen LogP contribution is -2.06. The number of unbranched alkanes of at least 4 members (excludes halogenated alkanes) is 2. The lowest BCUT2D eigenvalue weighted by atomic mass is 10.2. The Balaban J connectivity index is 1.87. The zero-order valence-corrected chi connectivity index (χ0v) is 15.0. The molecule has 0 saturated heterocycles. The molecule has 0 N–H and O–H groups in total. The molecule has 2 aromatic heterocycles. The number of hydrogen-bond acceptors (Lipinski definition) is 4. The molecular formula is C18H23N3O2S. The lowest BCUT2D eigenvalue weighted by Gasteiger charge is -2.09. The van der Waals surface area contributed by atoms with E-state index in [1.807, 2.05) is 24.4 Å². The van der Waals surface area contributed by atoms with Crippen molar-refractivity contribution in [3.8, 4) is 0 Å². The van der Waals surface area contributed by atoms with Gasteiger partial charge in [0.1, 0.15) is 21.2 Å². The summed E-state index contributed by atoms with van der Waals surface area (Å²) in [5, 5.41) is 1.12. The molecule has 0 aliphatic rings. The van der Waals surface area contributed by atoms with Crippen LogP contribution < -0.4 is 0 Å². The van der Waals surface area contributed by atoms with Gasteiger partial charge in [-0.25, -0.2) is 13.4 Å². The van der Waals surface area contributed by atoms with E-state index in [1.165, 1.54) is 6.26 Å². The predicted octanol–water partition coefficient (Wildman–Crippen LogP) is 3.36. The van der Waals surface area contributed by atoms with Crippen LogP contribution in [-0.4, -0.2) is 35.0 Å². The Bertz CT molecular complexity index is 961. The minimum Gasteiger partial charge on any atom is -0.327 e. The summed E-state index contributed by atoms with van der Waals surface area (Å²) in [4.78, 5) is 9.22. The van der Waals surface area contributed by atoms with E-state index in [0.29, 0.717) is 0 Å². The highest BCUT2D eigenvalue weighted by molar-refractivity contribution is 7.90. The number of benzene rings is 1. The summed E-state index contributed by atoms with van der Waals surface area (Å²) in [6, 6.07) is 8.13. The maximum absolute atomic E-state index is 11.2. The molecule has 128 valence electrons. The molecule has 0 bridgehead atoms. The highest BCUT2D eigenvalue weighted by Gasteiger charge is 2.13. The van der Waals surface area contributed by atoms with E-state index < -0.39 is 9.84 Å². The third-order valence-electron chi connectivity index (χ3n) is 4.27. The van der Waals surface area contributed by atoms with E-state index in [-0.39, 0.29) is 5.75 Å². The van der Waals surface area contributed by atoms with Crippen molar-refractivity contribution in [1.29, 1.82) is 0 Å². The van der Waals surface area contributed by atoms with Crippen molar-refractivity contribution in [2.24, 2.45) is 0 Å². The van der Waals surface area contributed by atoms with Crippen LogP contribution in [0, 0.1) is 0 Å². The number of hydrogen-bond donors (Lipinski definition) is 0. The Kier molecular flexibility index (Phi) is 4.85. The molecular weight excluding hydrogens is 322 g/mol. The fourth-order valence-corrected chi connectivity index (χ4v) is 3.86. The first-order valence-corrected chi connectivity index (χ1v) is 10.5. The molecule has 5 nitrogen and oxygen atoms in total. The quantitative estimate of drug-likeness (QED) is 0.616. The number of para-hydroxylation sites is 1. The monoisotopic (exact) mass is 345 g/mol. The van der Waals surface area contributed by atoms with Crippen molar-refractivity contribution < 1.29 is 8.42 Å². The fourth-order valence-electron chi connectivity index (χ4n) is 3.13. The topological polar surface area (TPSA) is 64.8 Å². The highest BCUT2D eigenvalue weighted by atomic mass is 32.2. The summed E-state index contributed by atoms with van der Waals surface area (Å²) in [6.07, 6.45) is 6.58. The van der Waals surface area contributed by atoms with Crippen molar-refractivity contribution in [2.75, 3.05) is 12.0 Å². The van der Waals surface area contributed by atoms with E-state index in [9.17, 15) is 8.42 Å². The second kappa shape index (κ2) is 6.89. The van der Waals surface area contributed by atoms with E-state index >= 15 is 0 Å². The third-order valence-corrected chi connectivity index (χ3v) is 5.30. The van der Waals surface area contributed by atoms with E-state index in [2.05, 4.69) is 22.5 Å². The second-order valence-electron chi connectivity index (χ2n) is 6.23. The highest BCUT2D eigenvalue weighted by Crippen LogP contribution is 2.25. The van der Waals surface area contributed by atoms with Gasteiger partial charge >= 0.3 is 0 Å². The van der Waals surface area contributed by atoms with Gasteiger partial charge in [-0.2, -0.15) is 0 Å². The van der Waals surface area contributed by atoms with Gasteiger partial charge in [0.25, 0.3) is 0 Å². The molecule has 2 heterocycles. The van der Waals surface area contributed by atoms with E-state index in [4.69, 9.17) is 4.98 Å². The normalized spacial score (nSPS) is 12.2. The molecule has 0 atom stereocenters. The Morgan fingerprint density at radius 3 is 2.62 bits per heavy atom. The molecule has 0 spiro atoms. The van der Waals surface area contributed by atoms with Gasteiger partial charge in [0.05, 0.1) is 17.2 Å². The van der Waals surface area contributed by atoms with E-state index in [0.717, 1.165) is 60.0 Å². The van der Waals surface area contributed by atoms with Gasteiger partial charge in [0.15, 0.2) is 0 Å². The number of nitrogens with zero attached hydrogens (tertiary/aromatic N) is 3. The minimum atomic E-state index is -2.86. The van der Waals surface area contributed by atoms with Crippen LogP contribution in [-0.2, 0) is 22.8 Å². The number of imidazole rings is 1. The van der Waals surface area contributed by atoms with Gasteiger partial charge in [-0.3, -0.25) is 4.98 Å². The van der Waals surface area contributed by atoms with Crippen LogP contribution in [0.3, 0.4) is 0 Å².